The Labute approximate surface area is 125 Å². The van der Waals surface area contributed by atoms with E-state index in [4.69, 9.17) is 0 Å². The number of hydrogen-bond donors (Lipinski definition) is 0. The predicted octanol–water partition coefficient (Wildman–Crippen LogP) is 4.94. The van der Waals surface area contributed by atoms with Gasteiger partial charge in [0.2, 0.25) is 0 Å². The lowest BCUT2D eigenvalue weighted by Gasteiger charge is -2.06. The van der Waals surface area contributed by atoms with Crippen LogP contribution in [0.25, 0.3) is 22.4 Å². The molecule has 0 saturated heterocycles. The average molecular weight is 271 g/mol. The summed E-state index contributed by atoms with van der Waals surface area (Å²) in [6, 6.07) is 17.7. The third-order valence-electron chi connectivity index (χ3n) is 4.25. The van der Waals surface area contributed by atoms with Crippen LogP contribution in [0.4, 0.5) is 0 Å². The highest BCUT2D eigenvalue weighted by atomic mass is 14.7. The molecule has 0 unspecified atom stereocenters. The van der Waals surface area contributed by atoms with Gasteiger partial charge in [0, 0.05) is 11.8 Å². The van der Waals surface area contributed by atoms with Gasteiger partial charge in [-0.1, -0.05) is 35.9 Å². The van der Waals surface area contributed by atoms with Crippen LogP contribution in [-0.2, 0) is 6.42 Å². The zero-order valence-electron chi connectivity index (χ0n) is 12.4. The number of hydrogen-bond acceptors (Lipinski definition) is 1. The molecule has 0 aliphatic heterocycles. The van der Waals surface area contributed by atoms with E-state index in [-0.39, 0.29) is 0 Å². The summed E-state index contributed by atoms with van der Waals surface area (Å²) >= 11 is 0. The van der Waals surface area contributed by atoms with Gasteiger partial charge in [0.05, 0.1) is 5.69 Å². The van der Waals surface area contributed by atoms with Gasteiger partial charge in [-0.05, 0) is 66.3 Å². The fourth-order valence-corrected chi connectivity index (χ4v) is 3.19. The molecule has 1 nitrogen and oxygen atoms in total. The van der Waals surface area contributed by atoms with E-state index < -0.39 is 0 Å². The fraction of sp³-hybridized carbons (Fsp3) is 0.150. The zero-order valence-corrected chi connectivity index (χ0v) is 12.4. The molecule has 1 heterocycles. The molecule has 3 aromatic rings. The molecule has 0 fully saturated rings. The molecule has 0 N–H and O–H groups in total. The van der Waals surface area contributed by atoms with E-state index >= 15 is 0 Å². The normalized spacial score (nSPS) is 12.1. The van der Waals surface area contributed by atoms with Crippen molar-refractivity contribution in [2.75, 3.05) is 0 Å². The minimum Gasteiger partial charge on any atom is -0.256 e. The van der Waals surface area contributed by atoms with E-state index in [1.165, 1.54) is 38.9 Å². The van der Waals surface area contributed by atoms with E-state index in [0.29, 0.717) is 0 Å². The van der Waals surface area contributed by atoms with Crippen molar-refractivity contribution in [2.45, 2.75) is 20.3 Å². The number of benzene rings is 2. The Morgan fingerprint density at radius 1 is 0.762 bits per heavy atom. The Balaban J connectivity index is 1.81. The summed E-state index contributed by atoms with van der Waals surface area (Å²) in [5.41, 5.74) is 10.5. The summed E-state index contributed by atoms with van der Waals surface area (Å²) in [5.74, 6) is 0. The molecule has 0 radical (unpaired) electrons. The van der Waals surface area contributed by atoms with Gasteiger partial charge >= 0.3 is 0 Å². The monoisotopic (exact) mass is 271 g/mol. The van der Waals surface area contributed by atoms with Crippen LogP contribution in [0.15, 0.2) is 54.7 Å². The summed E-state index contributed by atoms with van der Waals surface area (Å²) in [4.78, 5) is 4.50. The number of pyridine rings is 1. The predicted molar refractivity (Wildman–Crippen MR) is 87.4 cm³/mol. The average Bonchev–Trinajstić information content (AvgIpc) is 2.83. The number of fused-ring (bicyclic) bond motifs is 3. The van der Waals surface area contributed by atoms with Crippen molar-refractivity contribution in [2.24, 2.45) is 0 Å². The summed E-state index contributed by atoms with van der Waals surface area (Å²) in [5, 5.41) is 0. The van der Waals surface area contributed by atoms with Gasteiger partial charge in [-0.15, -0.1) is 0 Å². The van der Waals surface area contributed by atoms with Crippen molar-refractivity contribution in [3.63, 3.8) is 0 Å². The van der Waals surface area contributed by atoms with E-state index in [9.17, 15) is 0 Å². The zero-order chi connectivity index (χ0) is 14.4. The van der Waals surface area contributed by atoms with Crippen LogP contribution in [0.3, 0.4) is 0 Å². The smallest absolute Gasteiger partial charge is 0.0704 e. The molecule has 0 bridgehead atoms. The van der Waals surface area contributed by atoms with Crippen LogP contribution >= 0.6 is 0 Å². The maximum absolute atomic E-state index is 4.50. The van der Waals surface area contributed by atoms with Gasteiger partial charge in [0.25, 0.3) is 0 Å². The highest BCUT2D eigenvalue weighted by molar-refractivity contribution is 5.79. The van der Waals surface area contributed by atoms with Crippen LogP contribution in [0.2, 0.25) is 0 Å². The number of rotatable bonds is 1. The lowest BCUT2D eigenvalue weighted by atomic mass is 10.0. The van der Waals surface area contributed by atoms with Crippen LogP contribution in [0, 0.1) is 13.8 Å². The summed E-state index contributed by atoms with van der Waals surface area (Å²) in [6.45, 7) is 4.27. The summed E-state index contributed by atoms with van der Waals surface area (Å²) in [7, 11) is 0. The Kier molecular flexibility index (Phi) is 2.68. The van der Waals surface area contributed by atoms with Crippen molar-refractivity contribution in [1.82, 2.24) is 4.98 Å². The van der Waals surface area contributed by atoms with Gasteiger partial charge < -0.3 is 0 Å². The van der Waals surface area contributed by atoms with Crippen LogP contribution in [0.1, 0.15) is 22.3 Å². The van der Waals surface area contributed by atoms with Gasteiger partial charge in [-0.2, -0.15) is 0 Å². The standard InChI is InChI=1S/C20H17N/c1-13-3-5-18-16(9-13)12-17-11-15(4-6-19(17)18)20-10-14(2)7-8-21-20/h3-11H,12H2,1-2H3. The topological polar surface area (TPSA) is 12.9 Å². The molecule has 1 aromatic heterocycles. The molecule has 1 aliphatic rings. The Morgan fingerprint density at radius 2 is 1.48 bits per heavy atom. The molecular weight excluding hydrogens is 254 g/mol. The molecule has 2 aromatic carbocycles. The maximum Gasteiger partial charge on any atom is 0.0704 e. The van der Waals surface area contributed by atoms with Gasteiger partial charge in [0.1, 0.15) is 0 Å². The van der Waals surface area contributed by atoms with Gasteiger partial charge in [-0.3, -0.25) is 4.98 Å². The van der Waals surface area contributed by atoms with E-state index in [1.807, 2.05) is 12.3 Å². The molecule has 0 saturated carbocycles. The van der Waals surface area contributed by atoms with E-state index in [2.05, 4.69) is 61.3 Å². The molecule has 0 amide bonds. The lowest BCUT2D eigenvalue weighted by molar-refractivity contribution is 1.24. The second-order valence-corrected chi connectivity index (χ2v) is 5.93. The summed E-state index contributed by atoms with van der Waals surface area (Å²) in [6.07, 6.45) is 2.92. The van der Waals surface area contributed by atoms with Crippen LogP contribution in [-0.4, -0.2) is 4.98 Å². The van der Waals surface area contributed by atoms with Crippen molar-refractivity contribution < 1.29 is 0 Å². The Morgan fingerprint density at radius 3 is 2.29 bits per heavy atom. The number of aryl methyl sites for hydroxylation is 2. The minimum atomic E-state index is 1.03. The van der Waals surface area contributed by atoms with Crippen LogP contribution in [0.5, 0.6) is 0 Å². The van der Waals surface area contributed by atoms with Crippen molar-refractivity contribution in [1.29, 1.82) is 0 Å². The quantitative estimate of drug-likeness (QED) is 0.478. The Bertz CT molecular complexity index is 846. The van der Waals surface area contributed by atoms with Crippen molar-refractivity contribution in [3.05, 3.63) is 77.0 Å². The van der Waals surface area contributed by atoms with Gasteiger partial charge in [0.15, 0.2) is 0 Å². The van der Waals surface area contributed by atoms with Crippen molar-refractivity contribution >= 4 is 0 Å². The number of aromatic nitrogens is 1. The molecule has 0 spiro atoms. The van der Waals surface area contributed by atoms with Crippen molar-refractivity contribution in [3.8, 4) is 22.4 Å². The molecule has 1 heteroatoms. The lowest BCUT2D eigenvalue weighted by Crippen LogP contribution is -1.87. The van der Waals surface area contributed by atoms with Crippen LogP contribution < -0.4 is 0 Å². The molecule has 1 aliphatic carbocycles. The second kappa shape index (κ2) is 4.56. The first kappa shape index (κ1) is 12.3. The van der Waals surface area contributed by atoms with E-state index in [0.717, 1.165) is 12.1 Å². The maximum atomic E-state index is 4.50. The van der Waals surface area contributed by atoms with Gasteiger partial charge in [-0.25, -0.2) is 0 Å². The Hall–Kier alpha value is -2.41. The molecule has 21 heavy (non-hydrogen) atoms. The molecular formula is C20H17N. The SMILES string of the molecule is Cc1ccnc(-c2ccc3c(c2)Cc2cc(C)ccc2-3)c1. The second-order valence-electron chi connectivity index (χ2n) is 5.93. The summed E-state index contributed by atoms with van der Waals surface area (Å²) < 4.78 is 0. The third kappa shape index (κ3) is 2.06. The number of nitrogens with zero attached hydrogens (tertiary/aromatic N) is 1. The fourth-order valence-electron chi connectivity index (χ4n) is 3.19. The highest BCUT2D eigenvalue weighted by Gasteiger charge is 2.18. The third-order valence-corrected chi connectivity index (χ3v) is 4.25. The first-order valence-electron chi connectivity index (χ1n) is 7.36. The molecule has 4 rings (SSSR count). The molecule has 102 valence electrons. The molecule has 0 atom stereocenters. The largest absolute Gasteiger partial charge is 0.256 e. The highest BCUT2D eigenvalue weighted by Crippen LogP contribution is 2.38. The minimum absolute atomic E-state index is 1.03. The van der Waals surface area contributed by atoms with E-state index in [1.54, 1.807) is 0 Å². The first-order chi connectivity index (χ1) is 10.2. The first-order valence-corrected chi connectivity index (χ1v) is 7.36.